The number of hydrogen-bond donors (Lipinski definition) is 2. The molecule has 0 spiro atoms. The molecule has 1 saturated carbocycles. The van der Waals surface area contributed by atoms with Gasteiger partial charge in [0, 0.05) is 13.6 Å². The van der Waals surface area contributed by atoms with Crippen LogP contribution in [0.4, 0.5) is 0 Å². The average Bonchev–Trinajstić information content (AvgIpc) is 2.85. The molecule has 0 aliphatic heterocycles. The predicted molar refractivity (Wildman–Crippen MR) is 75.6 cm³/mol. The number of hydrogen-bond acceptors (Lipinski definition) is 4. The number of sulfonamides is 1. The fraction of sp³-hybridized carbons (Fsp3) is 0.769. The Morgan fingerprint density at radius 1 is 1.50 bits per heavy atom. The molecule has 0 atom stereocenters. The fourth-order valence-electron chi connectivity index (χ4n) is 2.73. The van der Waals surface area contributed by atoms with Gasteiger partial charge in [-0.25, -0.2) is 13.1 Å². The van der Waals surface area contributed by atoms with E-state index in [0.29, 0.717) is 18.8 Å². The standard InChI is InChI=1S/C13H23N3O3S/c1-3-11-4-7-13(17,8-5-11)10-15-20(18,19)12-6-9-14-16(12)2/h6,9,11,15,17H,3-5,7-8,10H2,1-2H3. The summed E-state index contributed by atoms with van der Waals surface area (Å²) in [6.07, 6.45) is 5.78. The Hall–Kier alpha value is -0.920. The molecule has 1 aromatic heterocycles. The van der Waals surface area contributed by atoms with Crippen LogP contribution in [0.1, 0.15) is 39.0 Å². The van der Waals surface area contributed by atoms with Gasteiger partial charge in [-0.3, -0.25) is 4.68 Å². The summed E-state index contributed by atoms with van der Waals surface area (Å²) in [6.45, 7) is 2.22. The predicted octanol–water partition coefficient (Wildman–Crippen LogP) is 1.03. The zero-order valence-corrected chi connectivity index (χ0v) is 12.9. The molecule has 0 amide bonds. The largest absolute Gasteiger partial charge is 0.389 e. The molecule has 1 aliphatic rings. The normalized spacial score (nSPS) is 27.6. The van der Waals surface area contributed by atoms with E-state index < -0.39 is 15.6 Å². The number of aryl methyl sites for hydroxylation is 1. The van der Waals surface area contributed by atoms with E-state index >= 15 is 0 Å². The molecule has 0 radical (unpaired) electrons. The van der Waals surface area contributed by atoms with E-state index in [9.17, 15) is 13.5 Å². The second-order valence-corrected chi connectivity index (χ2v) is 7.41. The molecule has 0 unspecified atom stereocenters. The average molecular weight is 301 g/mol. The molecule has 0 aromatic carbocycles. The second-order valence-electron chi connectivity index (χ2n) is 5.69. The van der Waals surface area contributed by atoms with Gasteiger partial charge in [0.2, 0.25) is 0 Å². The highest BCUT2D eigenvalue weighted by Crippen LogP contribution is 2.33. The summed E-state index contributed by atoms with van der Waals surface area (Å²) in [5, 5.41) is 14.4. The van der Waals surface area contributed by atoms with Gasteiger partial charge in [-0.2, -0.15) is 5.10 Å². The summed E-state index contributed by atoms with van der Waals surface area (Å²) >= 11 is 0. The molecule has 1 fully saturated rings. The number of nitrogens with zero attached hydrogens (tertiary/aromatic N) is 2. The molecular weight excluding hydrogens is 278 g/mol. The molecule has 2 N–H and O–H groups in total. The first-order valence-electron chi connectivity index (χ1n) is 7.06. The number of aromatic nitrogens is 2. The van der Waals surface area contributed by atoms with Gasteiger partial charge in [-0.15, -0.1) is 0 Å². The Bertz CT molecular complexity index is 545. The van der Waals surface area contributed by atoms with Crippen LogP contribution >= 0.6 is 0 Å². The molecule has 6 nitrogen and oxygen atoms in total. The molecule has 0 bridgehead atoms. The molecular formula is C13H23N3O3S. The van der Waals surface area contributed by atoms with E-state index in [1.807, 2.05) is 0 Å². The monoisotopic (exact) mass is 301 g/mol. The Morgan fingerprint density at radius 2 is 2.15 bits per heavy atom. The van der Waals surface area contributed by atoms with Crippen molar-refractivity contribution in [3.05, 3.63) is 12.3 Å². The van der Waals surface area contributed by atoms with Crippen LogP contribution in [0.2, 0.25) is 0 Å². The van der Waals surface area contributed by atoms with Crippen LogP contribution in [0.3, 0.4) is 0 Å². The van der Waals surface area contributed by atoms with Gasteiger partial charge in [-0.1, -0.05) is 13.3 Å². The third-order valence-electron chi connectivity index (χ3n) is 4.26. The third-order valence-corrected chi connectivity index (χ3v) is 5.73. The van der Waals surface area contributed by atoms with Crippen molar-refractivity contribution in [3.8, 4) is 0 Å². The minimum atomic E-state index is -3.61. The van der Waals surface area contributed by atoms with Crippen LogP contribution < -0.4 is 4.72 Å². The summed E-state index contributed by atoms with van der Waals surface area (Å²) in [6, 6.07) is 1.44. The minimum absolute atomic E-state index is 0.0664. The van der Waals surface area contributed by atoms with E-state index in [-0.39, 0.29) is 11.6 Å². The van der Waals surface area contributed by atoms with Crippen molar-refractivity contribution >= 4 is 10.0 Å². The van der Waals surface area contributed by atoms with Crippen molar-refractivity contribution in [2.75, 3.05) is 6.54 Å². The van der Waals surface area contributed by atoms with E-state index in [0.717, 1.165) is 19.3 Å². The van der Waals surface area contributed by atoms with Gasteiger partial charge in [0.25, 0.3) is 10.0 Å². The number of aliphatic hydroxyl groups is 1. The summed E-state index contributed by atoms with van der Waals surface area (Å²) in [4.78, 5) is 0. The van der Waals surface area contributed by atoms with Crippen LogP contribution in [0.5, 0.6) is 0 Å². The van der Waals surface area contributed by atoms with Crippen molar-refractivity contribution < 1.29 is 13.5 Å². The Kier molecular flexibility index (Phi) is 4.51. The van der Waals surface area contributed by atoms with Crippen LogP contribution in [-0.2, 0) is 17.1 Å². The number of nitrogens with one attached hydrogen (secondary N) is 1. The van der Waals surface area contributed by atoms with Crippen LogP contribution in [-0.4, -0.2) is 35.5 Å². The fourth-order valence-corrected chi connectivity index (χ4v) is 3.97. The van der Waals surface area contributed by atoms with E-state index in [1.54, 1.807) is 7.05 Å². The highest BCUT2D eigenvalue weighted by Gasteiger charge is 2.34. The summed E-state index contributed by atoms with van der Waals surface area (Å²) < 4.78 is 28.1. The highest BCUT2D eigenvalue weighted by atomic mass is 32.2. The molecule has 2 rings (SSSR count). The SMILES string of the molecule is CCC1CCC(O)(CNS(=O)(=O)c2ccnn2C)CC1. The highest BCUT2D eigenvalue weighted by molar-refractivity contribution is 7.89. The van der Waals surface area contributed by atoms with Gasteiger partial charge in [0.1, 0.15) is 0 Å². The van der Waals surface area contributed by atoms with E-state index in [4.69, 9.17) is 0 Å². The molecule has 114 valence electrons. The zero-order valence-electron chi connectivity index (χ0n) is 12.0. The van der Waals surface area contributed by atoms with Gasteiger partial charge in [-0.05, 0) is 37.7 Å². The van der Waals surface area contributed by atoms with Gasteiger partial charge < -0.3 is 5.11 Å². The van der Waals surface area contributed by atoms with E-state index in [2.05, 4.69) is 16.7 Å². The summed E-state index contributed by atoms with van der Waals surface area (Å²) in [7, 11) is -2.03. The molecule has 1 aromatic rings. The van der Waals surface area contributed by atoms with E-state index in [1.165, 1.54) is 16.9 Å². The first-order valence-corrected chi connectivity index (χ1v) is 8.55. The molecule has 0 saturated heterocycles. The summed E-state index contributed by atoms with van der Waals surface area (Å²) in [5.41, 5.74) is -0.919. The van der Waals surface area contributed by atoms with Crippen molar-refractivity contribution in [3.63, 3.8) is 0 Å². The maximum absolute atomic E-state index is 12.1. The van der Waals surface area contributed by atoms with Crippen molar-refractivity contribution in [2.24, 2.45) is 13.0 Å². The maximum atomic E-state index is 12.1. The van der Waals surface area contributed by atoms with Crippen LogP contribution in [0.25, 0.3) is 0 Å². The Morgan fingerprint density at radius 3 is 2.65 bits per heavy atom. The maximum Gasteiger partial charge on any atom is 0.257 e. The minimum Gasteiger partial charge on any atom is -0.389 e. The van der Waals surface area contributed by atoms with Gasteiger partial charge in [0.05, 0.1) is 11.8 Å². The smallest absolute Gasteiger partial charge is 0.257 e. The lowest BCUT2D eigenvalue weighted by molar-refractivity contribution is -0.00444. The molecule has 7 heteroatoms. The Labute approximate surface area is 120 Å². The molecule has 20 heavy (non-hydrogen) atoms. The van der Waals surface area contributed by atoms with Gasteiger partial charge in [0.15, 0.2) is 5.03 Å². The van der Waals surface area contributed by atoms with Crippen LogP contribution in [0, 0.1) is 5.92 Å². The summed E-state index contributed by atoms with van der Waals surface area (Å²) in [5.74, 6) is 0.656. The third kappa shape index (κ3) is 3.39. The molecule has 1 aliphatic carbocycles. The lowest BCUT2D eigenvalue weighted by atomic mass is 9.78. The van der Waals surface area contributed by atoms with Crippen molar-refractivity contribution in [1.82, 2.24) is 14.5 Å². The number of rotatable bonds is 5. The van der Waals surface area contributed by atoms with Crippen molar-refractivity contribution in [2.45, 2.75) is 49.7 Å². The van der Waals surface area contributed by atoms with Gasteiger partial charge >= 0.3 is 0 Å². The van der Waals surface area contributed by atoms with Crippen LogP contribution in [0.15, 0.2) is 17.3 Å². The lowest BCUT2D eigenvalue weighted by Gasteiger charge is -2.35. The first-order chi connectivity index (χ1) is 9.36. The lowest BCUT2D eigenvalue weighted by Crippen LogP contribution is -2.45. The molecule has 1 heterocycles. The quantitative estimate of drug-likeness (QED) is 0.851. The first kappa shape index (κ1) is 15.5. The topological polar surface area (TPSA) is 84.2 Å². The zero-order chi connectivity index (χ0) is 14.8. The Balaban J connectivity index is 1.97. The van der Waals surface area contributed by atoms with Crippen molar-refractivity contribution in [1.29, 1.82) is 0 Å². The second kappa shape index (κ2) is 5.83.